The number of rotatable bonds is 7. The Morgan fingerprint density at radius 2 is 2.04 bits per heavy atom. The molecule has 0 amide bonds. The molecule has 2 heterocycles. The Labute approximate surface area is 139 Å². The fourth-order valence-corrected chi connectivity index (χ4v) is 2.14. The van der Waals surface area contributed by atoms with Crippen molar-refractivity contribution in [1.82, 2.24) is 9.97 Å². The molecule has 2 aromatic heterocycles. The first kappa shape index (κ1) is 15.7. The van der Waals surface area contributed by atoms with E-state index < -0.39 is 0 Å². The lowest BCUT2D eigenvalue weighted by atomic mass is 10.2. The molecule has 3 rings (SSSR count). The molecular formula is C17H18N4O3. The van der Waals surface area contributed by atoms with Gasteiger partial charge in [-0.3, -0.25) is 0 Å². The van der Waals surface area contributed by atoms with Crippen molar-refractivity contribution in [3.8, 4) is 11.5 Å². The molecule has 0 fully saturated rings. The second-order valence-corrected chi connectivity index (χ2v) is 4.89. The number of hydrogen-bond acceptors (Lipinski definition) is 7. The minimum atomic E-state index is 0.498. The second kappa shape index (κ2) is 7.36. The number of aromatic nitrogens is 2. The summed E-state index contributed by atoms with van der Waals surface area (Å²) in [6, 6.07) is 11.0. The Morgan fingerprint density at radius 3 is 2.79 bits per heavy atom. The third kappa shape index (κ3) is 3.75. The number of hydrogen-bond donors (Lipinski definition) is 2. The van der Waals surface area contributed by atoms with Crippen molar-refractivity contribution in [2.45, 2.75) is 6.54 Å². The molecule has 0 spiro atoms. The van der Waals surface area contributed by atoms with Gasteiger partial charge in [0, 0.05) is 12.3 Å². The van der Waals surface area contributed by atoms with Gasteiger partial charge < -0.3 is 24.5 Å². The van der Waals surface area contributed by atoms with E-state index in [1.54, 1.807) is 32.7 Å². The normalized spacial score (nSPS) is 10.2. The molecule has 0 atom stereocenters. The standard InChI is InChI=1S/C17H18N4O3/c1-22-12-5-6-15(23-2)14(10-12)20-16-7-8-18-17(21-16)19-11-13-4-3-9-24-13/h3-10H,11H2,1-2H3,(H2,18,19,20,21). The molecule has 1 aromatic carbocycles. The zero-order valence-electron chi connectivity index (χ0n) is 13.4. The van der Waals surface area contributed by atoms with Crippen LogP contribution >= 0.6 is 0 Å². The highest BCUT2D eigenvalue weighted by atomic mass is 16.5. The van der Waals surface area contributed by atoms with Crippen molar-refractivity contribution in [3.63, 3.8) is 0 Å². The third-order valence-electron chi connectivity index (χ3n) is 3.33. The van der Waals surface area contributed by atoms with Crippen LogP contribution in [0.1, 0.15) is 5.76 Å². The van der Waals surface area contributed by atoms with Gasteiger partial charge in [0.1, 0.15) is 23.1 Å². The van der Waals surface area contributed by atoms with Crippen molar-refractivity contribution in [1.29, 1.82) is 0 Å². The van der Waals surface area contributed by atoms with Crippen LogP contribution in [0.25, 0.3) is 0 Å². The Hall–Kier alpha value is -3.22. The molecule has 0 bridgehead atoms. The highest BCUT2D eigenvalue weighted by Gasteiger charge is 2.07. The van der Waals surface area contributed by atoms with Gasteiger partial charge in [0.15, 0.2) is 0 Å². The van der Waals surface area contributed by atoms with Crippen LogP contribution in [0, 0.1) is 0 Å². The van der Waals surface area contributed by atoms with Crippen LogP contribution in [0.3, 0.4) is 0 Å². The van der Waals surface area contributed by atoms with Gasteiger partial charge in [0.25, 0.3) is 0 Å². The average molecular weight is 326 g/mol. The largest absolute Gasteiger partial charge is 0.497 e. The minimum absolute atomic E-state index is 0.498. The Balaban J connectivity index is 1.74. The first-order chi connectivity index (χ1) is 11.8. The van der Waals surface area contributed by atoms with E-state index in [0.29, 0.717) is 24.1 Å². The molecule has 0 aliphatic carbocycles. The van der Waals surface area contributed by atoms with E-state index in [2.05, 4.69) is 20.6 Å². The summed E-state index contributed by atoms with van der Waals surface area (Å²) in [6.45, 7) is 0.513. The highest BCUT2D eigenvalue weighted by molar-refractivity contribution is 5.66. The lowest BCUT2D eigenvalue weighted by Crippen LogP contribution is -2.04. The maximum absolute atomic E-state index is 5.35. The first-order valence-electron chi connectivity index (χ1n) is 7.37. The molecule has 7 nitrogen and oxygen atoms in total. The van der Waals surface area contributed by atoms with Crippen LogP contribution < -0.4 is 20.1 Å². The van der Waals surface area contributed by atoms with E-state index in [1.807, 2.05) is 30.3 Å². The van der Waals surface area contributed by atoms with Gasteiger partial charge in [0.2, 0.25) is 5.95 Å². The second-order valence-electron chi connectivity index (χ2n) is 4.89. The summed E-state index contributed by atoms with van der Waals surface area (Å²) in [5, 5.41) is 6.32. The number of nitrogens with zero attached hydrogens (tertiary/aromatic N) is 2. The molecular weight excluding hydrogens is 308 g/mol. The predicted octanol–water partition coefficient (Wildman–Crippen LogP) is 3.44. The molecule has 24 heavy (non-hydrogen) atoms. The zero-order chi connectivity index (χ0) is 16.8. The molecule has 0 saturated heterocycles. The number of benzene rings is 1. The number of ether oxygens (including phenoxy) is 2. The summed E-state index contributed by atoms with van der Waals surface area (Å²) in [5.41, 5.74) is 0.757. The number of anilines is 3. The van der Waals surface area contributed by atoms with Crippen molar-refractivity contribution in [2.24, 2.45) is 0 Å². The highest BCUT2D eigenvalue weighted by Crippen LogP contribution is 2.31. The third-order valence-corrected chi connectivity index (χ3v) is 3.33. The predicted molar refractivity (Wildman–Crippen MR) is 90.9 cm³/mol. The van der Waals surface area contributed by atoms with E-state index in [9.17, 15) is 0 Å². The summed E-state index contributed by atoms with van der Waals surface area (Å²) in [7, 11) is 3.23. The smallest absolute Gasteiger partial charge is 0.224 e. The lowest BCUT2D eigenvalue weighted by Gasteiger charge is -2.12. The SMILES string of the molecule is COc1ccc(OC)c(Nc2ccnc(NCc3ccco3)n2)c1. The van der Waals surface area contributed by atoms with Crippen molar-refractivity contribution < 1.29 is 13.9 Å². The van der Waals surface area contributed by atoms with Gasteiger partial charge in [-0.2, -0.15) is 4.98 Å². The lowest BCUT2D eigenvalue weighted by molar-refractivity contribution is 0.405. The monoisotopic (exact) mass is 326 g/mol. The van der Waals surface area contributed by atoms with Gasteiger partial charge in [-0.25, -0.2) is 4.98 Å². The Bertz CT molecular complexity index is 790. The van der Waals surface area contributed by atoms with Gasteiger partial charge in [-0.1, -0.05) is 0 Å². The van der Waals surface area contributed by atoms with Crippen molar-refractivity contribution >= 4 is 17.5 Å². The molecule has 7 heteroatoms. The van der Waals surface area contributed by atoms with Gasteiger partial charge in [-0.15, -0.1) is 0 Å². The van der Waals surface area contributed by atoms with Crippen LogP contribution in [0.2, 0.25) is 0 Å². The first-order valence-corrected chi connectivity index (χ1v) is 7.37. The molecule has 3 aromatic rings. The molecule has 0 aliphatic rings. The fraction of sp³-hybridized carbons (Fsp3) is 0.176. The van der Waals surface area contributed by atoms with Crippen molar-refractivity contribution in [2.75, 3.05) is 24.9 Å². The van der Waals surface area contributed by atoms with E-state index in [0.717, 1.165) is 17.2 Å². The van der Waals surface area contributed by atoms with Gasteiger partial charge >= 0.3 is 0 Å². The van der Waals surface area contributed by atoms with E-state index in [-0.39, 0.29) is 0 Å². The molecule has 0 radical (unpaired) electrons. The summed E-state index contributed by atoms with van der Waals surface area (Å²) in [4.78, 5) is 8.62. The van der Waals surface area contributed by atoms with Gasteiger partial charge in [0.05, 0.1) is 32.7 Å². The van der Waals surface area contributed by atoms with Crippen LogP contribution in [0.15, 0.2) is 53.3 Å². The number of nitrogens with one attached hydrogen (secondary N) is 2. The van der Waals surface area contributed by atoms with Crippen molar-refractivity contribution in [3.05, 3.63) is 54.6 Å². The topological polar surface area (TPSA) is 81.4 Å². The minimum Gasteiger partial charge on any atom is -0.497 e. The fourth-order valence-electron chi connectivity index (χ4n) is 2.14. The van der Waals surface area contributed by atoms with Crippen LogP contribution in [-0.2, 0) is 6.54 Å². The molecule has 0 aliphatic heterocycles. The maximum atomic E-state index is 5.35. The number of furan rings is 1. The summed E-state index contributed by atoms with van der Waals surface area (Å²) >= 11 is 0. The average Bonchev–Trinajstić information content (AvgIpc) is 3.14. The molecule has 2 N–H and O–H groups in total. The van der Waals surface area contributed by atoms with E-state index in [4.69, 9.17) is 13.9 Å². The van der Waals surface area contributed by atoms with Gasteiger partial charge in [-0.05, 0) is 30.3 Å². The Kier molecular flexibility index (Phi) is 4.81. The number of methoxy groups -OCH3 is 2. The molecule has 0 unspecified atom stereocenters. The van der Waals surface area contributed by atoms with E-state index >= 15 is 0 Å². The summed E-state index contributed by atoms with van der Waals surface area (Å²) in [5.74, 6) is 3.37. The molecule has 124 valence electrons. The van der Waals surface area contributed by atoms with E-state index in [1.165, 1.54) is 0 Å². The maximum Gasteiger partial charge on any atom is 0.224 e. The van der Waals surface area contributed by atoms with Crippen LogP contribution in [0.5, 0.6) is 11.5 Å². The molecule has 0 saturated carbocycles. The summed E-state index contributed by atoms with van der Waals surface area (Å²) < 4.78 is 15.9. The van der Waals surface area contributed by atoms with Crippen LogP contribution in [0.4, 0.5) is 17.5 Å². The zero-order valence-corrected chi connectivity index (χ0v) is 13.4. The summed E-state index contributed by atoms with van der Waals surface area (Å²) in [6.07, 6.45) is 3.30. The quantitative estimate of drug-likeness (QED) is 0.688. The Morgan fingerprint density at radius 1 is 1.12 bits per heavy atom. The van der Waals surface area contributed by atoms with Crippen LogP contribution in [-0.4, -0.2) is 24.2 Å².